The lowest BCUT2D eigenvalue weighted by Gasteiger charge is -2.54. The number of hydrogen-bond acceptors (Lipinski definition) is 3. The molecule has 2 aromatic carbocycles. The lowest BCUT2D eigenvalue weighted by atomic mass is 9.68. The van der Waals surface area contributed by atoms with Gasteiger partial charge in [-0.3, -0.25) is 0 Å². The molecular formula is C27H32O3. The van der Waals surface area contributed by atoms with Crippen LogP contribution < -0.4 is 0 Å². The molecule has 0 unspecified atom stereocenters. The minimum Gasteiger partial charge on any atom is -0.336 e. The molecule has 3 aliphatic rings. The van der Waals surface area contributed by atoms with Crippen LogP contribution in [0.15, 0.2) is 66.7 Å². The minimum absolute atomic E-state index is 0.0844. The fourth-order valence-electron chi connectivity index (χ4n) is 5.68. The maximum absolute atomic E-state index is 6.96. The van der Waals surface area contributed by atoms with E-state index in [9.17, 15) is 0 Å². The van der Waals surface area contributed by atoms with E-state index in [1.807, 2.05) is 6.07 Å². The van der Waals surface area contributed by atoms with Crippen molar-refractivity contribution < 1.29 is 14.5 Å². The van der Waals surface area contributed by atoms with E-state index >= 15 is 0 Å². The molecular weight excluding hydrogens is 372 g/mol. The van der Waals surface area contributed by atoms with E-state index < -0.39 is 11.4 Å². The zero-order valence-electron chi connectivity index (χ0n) is 18.3. The molecule has 3 nitrogen and oxygen atoms in total. The zero-order chi connectivity index (χ0) is 20.8. The van der Waals surface area contributed by atoms with Crippen LogP contribution in [0.2, 0.25) is 0 Å². The third kappa shape index (κ3) is 3.24. The van der Waals surface area contributed by atoms with Gasteiger partial charge in [-0.05, 0) is 41.0 Å². The van der Waals surface area contributed by atoms with Crippen LogP contribution in [-0.4, -0.2) is 11.9 Å². The van der Waals surface area contributed by atoms with Crippen LogP contribution in [0.5, 0.6) is 0 Å². The first-order valence-electron chi connectivity index (χ1n) is 11.3. The molecule has 158 valence electrons. The monoisotopic (exact) mass is 404 g/mol. The third-order valence-corrected chi connectivity index (χ3v) is 7.17. The molecule has 1 heterocycles. The van der Waals surface area contributed by atoms with Gasteiger partial charge in [0.15, 0.2) is 5.60 Å². The summed E-state index contributed by atoms with van der Waals surface area (Å²) < 4.78 is 6.96. The topological polar surface area (TPSA) is 27.7 Å². The van der Waals surface area contributed by atoms with Gasteiger partial charge in [-0.25, -0.2) is 4.89 Å². The smallest absolute Gasteiger partial charge is 0.205 e. The van der Waals surface area contributed by atoms with Gasteiger partial charge in [0.05, 0.1) is 0 Å². The Hall–Kier alpha value is -1.94. The van der Waals surface area contributed by atoms with Gasteiger partial charge in [-0.2, -0.15) is 4.89 Å². The van der Waals surface area contributed by atoms with Crippen molar-refractivity contribution in [1.29, 1.82) is 0 Å². The molecule has 0 radical (unpaired) electrons. The standard InChI is InChI=1S/C27H32O3/c1-25(2,3)23-16-10-11-17-27(23)28-24-18-21(20-12-6-4-7-13-20)19-26(24,29-30-27)22-14-8-5-9-15-22/h4-9,12-15,18,23-24H,10-11,16-17,19H2,1-3H3/t23-,24-,26-,27-/m1/s1. The average molecular weight is 405 g/mol. The molecule has 1 saturated heterocycles. The molecule has 1 spiro atoms. The van der Waals surface area contributed by atoms with Crippen LogP contribution >= 0.6 is 0 Å². The Morgan fingerprint density at radius 2 is 1.57 bits per heavy atom. The van der Waals surface area contributed by atoms with Crippen LogP contribution in [0.3, 0.4) is 0 Å². The predicted molar refractivity (Wildman–Crippen MR) is 118 cm³/mol. The second-order valence-electron chi connectivity index (χ2n) is 10.2. The Labute approximate surface area is 180 Å². The second-order valence-corrected chi connectivity index (χ2v) is 10.2. The highest BCUT2D eigenvalue weighted by Gasteiger charge is 2.60. The van der Waals surface area contributed by atoms with Gasteiger partial charge in [0.2, 0.25) is 5.79 Å². The van der Waals surface area contributed by atoms with E-state index in [-0.39, 0.29) is 11.5 Å². The molecule has 2 aliphatic carbocycles. The summed E-state index contributed by atoms with van der Waals surface area (Å²) in [6, 6.07) is 21.0. The van der Waals surface area contributed by atoms with Crippen molar-refractivity contribution in [2.24, 2.45) is 11.3 Å². The third-order valence-electron chi connectivity index (χ3n) is 7.17. The molecule has 30 heavy (non-hydrogen) atoms. The van der Waals surface area contributed by atoms with Crippen LogP contribution in [0.4, 0.5) is 0 Å². The van der Waals surface area contributed by atoms with Crippen molar-refractivity contribution in [3.05, 3.63) is 77.9 Å². The van der Waals surface area contributed by atoms with Gasteiger partial charge in [0, 0.05) is 18.8 Å². The molecule has 0 N–H and O–H groups in total. The number of fused-ring (bicyclic) bond motifs is 1. The number of benzene rings is 2. The molecule has 1 saturated carbocycles. The molecule has 3 heteroatoms. The first-order chi connectivity index (χ1) is 14.4. The number of ether oxygens (including phenoxy) is 1. The maximum Gasteiger partial charge on any atom is 0.205 e. The van der Waals surface area contributed by atoms with Crippen molar-refractivity contribution in [3.63, 3.8) is 0 Å². The summed E-state index contributed by atoms with van der Waals surface area (Å²) in [5, 5.41) is 0. The van der Waals surface area contributed by atoms with Crippen LogP contribution in [0.25, 0.3) is 5.57 Å². The fraction of sp³-hybridized carbons (Fsp3) is 0.481. The molecule has 0 bridgehead atoms. The lowest BCUT2D eigenvalue weighted by molar-refractivity contribution is -0.544. The first-order valence-corrected chi connectivity index (χ1v) is 11.3. The molecule has 0 aromatic heterocycles. The lowest BCUT2D eigenvalue weighted by Crippen LogP contribution is -2.60. The molecule has 1 aliphatic heterocycles. The quantitative estimate of drug-likeness (QED) is 0.525. The maximum atomic E-state index is 6.96. The van der Waals surface area contributed by atoms with E-state index in [1.165, 1.54) is 17.6 Å². The summed E-state index contributed by atoms with van der Waals surface area (Å²) in [4.78, 5) is 12.8. The SMILES string of the molecule is CC(C)(C)[C@H]1CCCC[C@@]12OO[C@@]1(c3ccccc3)CC(c3ccccc3)=C[C@H]1O2. The summed E-state index contributed by atoms with van der Waals surface area (Å²) in [6.07, 6.45) is 7.15. The first kappa shape index (κ1) is 20.0. The zero-order valence-corrected chi connectivity index (χ0v) is 18.3. The molecule has 5 rings (SSSR count). The van der Waals surface area contributed by atoms with E-state index in [0.29, 0.717) is 5.92 Å². The second kappa shape index (κ2) is 7.33. The largest absolute Gasteiger partial charge is 0.336 e. The van der Waals surface area contributed by atoms with Crippen molar-refractivity contribution in [2.75, 3.05) is 0 Å². The van der Waals surface area contributed by atoms with Crippen molar-refractivity contribution in [1.82, 2.24) is 0 Å². The molecule has 0 amide bonds. The Morgan fingerprint density at radius 3 is 2.27 bits per heavy atom. The highest BCUT2D eigenvalue weighted by molar-refractivity contribution is 5.70. The Kier molecular flexibility index (Phi) is 4.89. The summed E-state index contributed by atoms with van der Waals surface area (Å²) in [5.74, 6) is -0.385. The molecule has 2 aromatic rings. The fourth-order valence-corrected chi connectivity index (χ4v) is 5.68. The van der Waals surface area contributed by atoms with Gasteiger partial charge in [0.25, 0.3) is 0 Å². The van der Waals surface area contributed by atoms with E-state index in [2.05, 4.69) is 81.4 Å². The Bertz CT molecular complexity index is 914. The van der Waals surface area contributed by atoms with Crippen LogP contribution in [0.1, 0.15) is 64.0 Å². The summed E-state index contributed by atoms with van der Waals surface area (Å²) in [5.41, 5.74) is 3.03. The normalized spacial score (nSPS) is 33.9. The average Bonchev–Trinajstić information content (AvgIpc) is 3.14. The van der Waals surface area contributed by atoms with Gasteiger partial charge < -0.3 is 4.74 Å². The van der Waals surface area contributed by atoms with Crippen molar-refractivity contribution >= 4 is 5.57 Å². The molecule has 4 atom stereocenters. The number of rotatable bonds is 2. The van der Waals surface area contributed by atoms with E-state index in [4.69, 9.17) is 14.5 Å². The highest BCUT2D eigenvalue weighted by Crippen LogP contribution is 2.56. The Balaban J connectivity index is 1.56. The van der Waals surface area contributed by atoms with Gasteiger partial charge >= 0.3 is 0 Å². The molecule has 2 fully saturated rings. The van der Waals surface area contributed by atoms with Gasteiger partial charge in [-0.1, -0.05) is 87.9 Å². The van der Waals surface area contributed by atoms with Crippen LogP contribution in [0, 0.1) is 11.3 Å². The van der Waals surface area contributed by atoms with Gasteiger partial charge in [-0.15, -0.1) is 0 Å². The Morgan fingerprint density at radius 1 is 0.867 bits per heavy atom. The van der Waals surface area contributed by atoms with Crippen molar-refractivity contribution in [2.45, 2.75) is 70.4 Å². The van der Waals surface area contributed by atoms with E-state index in [1.54, 1.807) is 0 Å². The van der Waals surface area contributed by atoms with Crippen molar-refractivity contribution in [3.8, 4) is 0 Å². The number of hydrogen-bond donors (Lipinski definition) is 0. The van der Waals surface area contributed by atoms with Gasteiger partial charge in [0.1, 0.15) is 6.10 Å². The summed E-state index contributed by atoms with van der Waals surface area (Å²) in [7, 11) is 0. The van der Waals surface area contributed by atoms with Crippen LogP contribution in [-0.2, 0) is 20.1 Å². The highest BCUT2D eigenvalue weighted by atomic mass is 17.3. The van der Waals surface area contributed by atoms with E-state index in [0.717, 1.165) is 31.2 Å². The summed E-state index contributed by atoms with van der Waals surface area (Å²) >= 11 is 0. The minimum atomic E-state index is -0.678. The summed E-state index contributed by atoms with van der Waals surface area (Å²) in [6.45, 7) is 6.86. The predicted octanol–water partition coefficient (Wildman–Crippen LogP) is 6.65.